The number of pyridine rings is 1. The summed E-state index contributed by atoms with van der Waals surface area (Å²) in [6.07, 6.45) is 3.98. The van der Waals surface area contributed by atoms with Gasteiger partial charge in [-0.3, -0.25) is 9.78 Å². The van der Waals surface area contributed by atoms with Crippen molar-refractivity contribution in [3.05, 3.63) is 112 Å². The number of ketones is 1. The van der Waals surface area contributed by atoms with Gasteiger partial charge in [-0.15, -0.1) is 0 Å². The van der Waals surface area contributed by atoms with E-state index >= 15 is 0 Å². The van der Waals surface area contributed by atoms with E-state index in [1.807, 2.05) is 31.2 Å². The fourth-order valence-corrected chi connectivity index (χ4v) is 5.72. The maximum absolute atomic E-state index is 14.7. The number of aliphatic hydroxyl groups is 1. The van der Waals surface area contributed by atoms with Crippen LogP contribution in [0.25, 0.3) is 11.1 Å². The zero-order valence-corrected chi connectivity index (χ0v) is 26.0. The summed E-state index contributed by atoms with van der Waals surface area (Å²) < 4.78 is 27.4. The number of aromatic nitrogens is 1. The minimum absolute atomic E-state index is 0.00837. The van der Waals surface area contributed by atoms with Crippen molar-refractivity contribution in [2.24, 2.45) is 5.92 Å². The number of halogens is 2. The van der Waals surface area contributed by atoms with Crippen molar-refractivity contribution >= 4 is 17.4 Å². The van der Waals surface area contributed by atoms with E-state index in [-0.39, 0.29) is 43.2 Å². The summed E-state index contributed by atoms with van der Waals surface area (Å²) in [7, 11) is 0. The Morgan fingerprint density at radius 2 is 1.93 bits per heavy atom. The molecule has 1 aliphatic carbocycles. The molecule has 2 N–H and O–H groups in total. The fraction of sp³-hybridized carbons (Fsp3) is 0.306. The molecule has 0 bridgehead atoms. The second-order valence-electron chi connectivity index (χ2n) is 11.4. The molecule has 5 rings (SSSR count). The van der Waals surface area contributed by atoms with Gasteiger partial charge in [-0.1, -0.05) is 54.9 Å². The second kappa shape index (κ2) is 14.7. The Labute approximate surface area is 267 Å². The quantitative estimate of drug-likeness (QED) is 0.163. The highest BCUT2D eigenvalue weighted by molar-refractivity contribution is 6.32. The van der Waals surface area contributed by atoms with Crippen LogP contribution >= 0.6 is 11.6 Å². The van der Waals surface area contributed by atoms with E-state index in [0.717, 1.165) is 34.2 Å². The molecule has 0 saturated carbocycles. The first kappa shape index (κ1) is 32.1. The van der Waals surface area contributed by atoms with Crippen molar-refractivity contribution in [2.75, 3.05) is 6.54 Å². The highest BCUT2D eigenvalue weighted by atomic mass is 35.5. The van der Waals surface area contributed by atoms with Crippen molar-refractivity contribution in [3.8, 4) is 28.7 Å². The Kier molecular flexibility index (Phi) is 10.5. The minimum atomic E-state index is -0.563. The normalized spacial score (nSPS) is 15.2. The molecule has 0 amide bonds. The summed E-state index contributed by atoms with van der Waals surface area (Å²) in [4.78, 5) is 16.6. The number of fused-ring (bicyclic) bond motifs is 1. The molecule has 4 aromatic rings. The van der Waals surface area contributed by atoms with Gasteiger partial charge in [0.25, 0.3) is 0 Å². The van der Waals surface area contributed by atoms with E-state index in [0.29, 0.717) is 40.6 Å². The van der Waals surface area contributed by atoms with Gasteiger partial charge in [0.15, 0.2) is 0 Å². The number of hydrogen-bond donors (Lipinski definition) is 2. The Bertz CT molecular complexity index is 1720. The molecule has 0 radical (unpaired) electrons. The van der Waals surface area contributed by atoms with Gasteiger partial charge < -0.3 is 19.9 Å². The lowest BCUT2D eigenvalue weighted by Gasteiger charge is -2.20. The van der Waals surface area contributed by atoms with Crippen molar-refractivity contribution in [1.29, 1.82) is 5.26 Å². The average Bonchev–Trinajstić information content (AvgIpc) is 3.44. The number of nitrogens with zero attached hydrogens (tertiary/aromatic N) is 2. The maximum atomic E-state index is 14.7. The van der Waals surface area contributed by atoms with Crippen LogP contribution in [0.5, 0.6) is 11.5 Å². The molecule has 9 heteroatoms. The van der Waals surface area contributed by atoms with Crippen LogP contribution in [-0.2, 0) is 24.4 Å². The van der Waals surface area contributed by atoms with Crippen LogP contribution < -0.4 is 14.8 Å². The SMILES string of the molecule is C[C@@H](O)[C@@H](C)CC(=O)CNCc1cc(Cl)c(O[C@H]2CCc3c(-c4ccccc4F)cccc32)cc1OCc1cncc(C#N)c1. The van der Waals surface area contributed by atoms with Crippen LogP contribution in [0.4, 0.5) is 4.39 Å². The fourth-order valence-electron chi connectivity index (χ4n) is 5.49. The average molecular weight is 628 g/mol. The predicted octanol–water partition coefficient (Wildman–Crippen LogP) is 7.12. The van der Waals surface area contributed by atoms with Crippen LogP contribution in [0.1, 0.15) is 60.6 Å². The number of nitriles is 1. The van der Waals surface area contributed by atoms with Crippen LogP contribution in [0, 0.1) is 23.1 Å². The monoisotopic (exact) mass is 627 g/mol. The lowest BCUT2D eigenvalue weighted by atomic mass is 9.96. The van der Waals surface area contributed by atoms with Crippen molar-refractivity contribution in [3.63, 3.8) is 0 Å². The van der Waals surface area contributed by atoms with Crippen molar-refractivity contribution in [1.82, 2.24) is 10.3 Å². The summed E-state index contributed by atoms with van der Waals surface area (Å²) in [6, 6.07) is 19.9. The van der Waals surface area contributed by atoms with E-state index in [4.69, 9.17) is 21.1 Å². The van der Waals surface area contributed by atoms with Crippen LogP contribution in [0.3, 0.4) is 0 Å². The Morgan fingerprint density at radius 1 is 1.13 bits per heavy atom. The Morgan fingerprint density at radius 3 is 2.71 bits per heavy atom. The molecule has 7 nitrogen and oxygen atoms in total. The number of aliphatic hydroxyl groups excluding tert-OH is 1. The number of carbonyl (C=O) groups is 1. The molecule has 3 aromatic carbocycles. The molecule has 1 aliphatic rings. The number of carbonyl (C=O) groups excluding carboxylic acids is 1. The van der Waals surface area contributed by atoms with Gasteiger partial charge >= 0.3 is 0 Å². The Balaban J connectivity index is 1.37. The van der Waals surface area contributed by atoms with E-state index < -0.39 is 6.10 Å². The van der Waals surface area contributed by atoms with Crippen LogP contribution in [0.2, 0.25) is 5.02 Å². The predicted molar refractivity (Wildman–Crippen MR) is 170 cm³/mol. The number of hydrogen-bond acceptors (Lipinski definition) is 7. The van der Waals surface area contributed by atoms with Gasteiger partial charge in [-0.05, 0) is 60.6 Å². The lowest BCUT2D eigenvalue weighted by Crippen LogP contribution is -2.26. The first-order valence-electron chi connectivity index (χ1n) is 15.0. The van der Waals surface area contributed by atoms with E-state index in [1.54, 1.807) is 43.5 Å². The summed E-state index contributed by atoms with van der Waals surface area (Å²) in [5.74, 6) is 0.540. The first-order chi connectivity index (χ1) is 21.7. The standard InChI is InChI=1S/C36H35ClFN3O4/c1-22(23(2)42)12-27(43)20-41-19-26-14-32(37)36(15-35(26)44-21-25-13-24(16-39)17-40-18-25)45-34-11-10-29-28(7-5-8-31(29)34)30-6-3-4-9-33(30)38/h3-9,13-15,17-18,22-23,34,41-42H,10-12,19-21H2,1-2H3/t22-,23+,34-/m0/s1. The minimum Gasteiger partial charge on any atom is -0.488 e. The van der Waals surface area contributed by atoms with Gasteiger partial charge in [0.2, 0.25) is 0 Å². The molecule has 1 aromatic heterocycles. The molecule has 0 spiro atoms. The van der Waals surface area contributed by atoms with Crippen molar-refractivity contribution < 1.29 is 23.8 Å². The lowest BCUT2D eigenvalue weighted by molar-refractivity contribution is -0.119. The van der Waals surface area contributed by atoms with Gasteiger partial charge in [0.1, 0.15) is 41.9 Å². The topological polar surface area (TPSA) is 104 Å². The summed E-state index contributed by atoms with van der Waals surface area (Å²) in [5.41, 5.74) is 5.34. The van der Waals surface area contributed by atoms with Crippen LogP contribution in [0.15, 0.2) is 73.1 Å². The first-order valence-corrected chi connectivity index (χ1v) is 15.3. The molecule has 0 saturated heterocycles. The zero-order chi connectivity index (χ0) is 31.9. The molecule has 0 fully saturated rings. The van der Waals surface area contributed by atoms with Crippen LogP contribution in [-0.4, -0.2) is 28.5 Å². The smallest absolute Gasteiger partial charge is 0.146 e. The largest absolute Gasteiger partial charge is 0.488 e. The number of nitrogens with one attached hydrogen (secondary N) is 1. The van der Waals surface area contributed by atoms with Gasteiger partial charge in [0.05, 0.1) is 23.2 Å². The Hall–Kier alpha value is -4.29. The third-order valence-electron chi connectivity index (χ3n) is 8.09. The highest BCUT2D eigenvalue weighted by Gasteiger charge is 2.28. The molecule has 232 valence electrons. The molecule has 45 heavy (non-hydrogen) atoms. The van der Waals surface area contributed by atoms with E-state index in [9.17, 15) is 19.6 Å². The van der Waals surface area contributed by atoms with Gasteiger partial charge in [-0.25, -0.2) is 4.39 Å². The number of rotatable bonds is 13. The molecular formula is C36H35ClFN3O4. The summed E-state index contributed by atoms with van der Waals surface area (Å²) in [6.45, 7) is 4.10. The van der Waals surface area contributed by atoms with Crippen molar-refractivity contribution in [2.45, 2.75) is 58.5 Å². The second-order valence-corrected chi connectivity index (χ2v) is 11.8. The number of benzene rings is 3. The third kappa shape index (κ3) is 7.87. The number of ether oxygens (including phenoxy) is 2. The van der Waals surface area contributed by atoms with E-state index in [1.165, 1.54) is 12.3 Å². The summed E-state index contributed by atoms with van der Waals surface area (Å²) >= 11 is 6.76. The van der Waals surface area contributed by atoms with E-state index in [2.05, 4.69) is 16.4 Å². The third-order valence-corrected chi connectivity index (χ3v) is 8.39. The zero-order valence-electron chi connectivity index (χ0n) is 25.2. The molecule has 1 heterocycles. The summed E-state index contributed by atoms with van der Waals surface area (Å²) in [5, 5.41) is 22.5. The molecule has 3 atom stereocenters. The molecule has 0 unspecified atom stereocenters. The molecule has 0 aliphatic heterocycles. The molecular weight excluding hydrogens is 593 g/mol. The number of Topliss-reactive ketones (excluding diaryl/α,β-unsaturated/α-hetero) is 1. The maximum Gasteiger partial charge on any atom is 0.146 e. The highest BCUT2D eigenvalue weighted by Crippen LogP contribution is 2.43. The van der Waals surface area contributed by atoms with Gasteiger partial charge in [0, 0.05) is 48.1 Å². The van der Waals surface area contributed by atoms with Gasteiger partial charge in [-0.2, -0.15) is 5.26 Å².